The predicted octanol–water partition coefficient (Wildman–Crippen LogP) is 3.35. The van der Waals surface area contributed by atoms with Gasteiger partial charge >= 0.3 is 0 Å². The minimum atomic E-state index is 0.431. The van der Waals surface area contributed by atoms with E-state index in [-0.39, 0.29) is 0 Å². The van der Waals surface area contributed by atoms with Gasteiger partial charge in [-0.1, -0.05) is 42.5 Å². The second-order valence-corrected chi connectivity index (χ2v) is 4.37. The van der Waals surface area contributed by atoms with Crippen molar-refractivity contribution in [1.82, 2.24) is 0 Å². The minimum Gasteiger partial charge on any atom is -0.491 e. The molecule has 102 valence electrons. The predicted molar refractivity (Wildman–Crippen MR) is 77.4 cm³/mol. The Hall–Kier alpha value is -2.31. The maximum absolute atomic E-state index is 8.59. The molecule has 0 spiro atoms. The van der Waals surface area contributed by atoms with E-state index >= 15 is 0 Å². The number of hydrogen-bond acceptors (Lipinski definition) is 3. The van der Waals surface area contributed by atoms with Gasteiger partial charge in [0, 0.05) is 0 Å². The van der Waals surface area contributed by atoms with E-state index in [1.165, 1.54) is 0 Å². The molecule has 0 amide bonds. The third kappa shape index (κ3) is 4.75. The number of rotatable bonds is 7. The van der Waals surface area contributed by atoms with Gasteiger partial charge in [0.1, 0.15) is 12.4 Å². The second kappa shape index (κ2) is 7.98. The van der Waals surface area contributed by atoms with Gasteiger partial charge < -0.3 is 9.47 Å². The maximum atomic E-state index is 8.59. The van der Waals surface area contributed by atoms with Crippen LogP contribution in [0.1, 0.15) is 11.1 Å². The molecule has 20 heavy (non-hydrogen) atoms. The monoisotopic (exact) mass is 267 g/mol. The molecular weight excluding hydrogens is 250 g/mol. The van der Waals surface area contributed by atoms with Crippen molar-refractivity contribution in [3.05, 3.63) is 65.7 Å². The lowest BCUT2D eigenvalue weighted by molar-refractivity contribution is 0.0889. The fourth-order valence-electron chi connectivity index (χ4n) is 1.78. The Morgan fingerprint density at radius 2 is 1.60 bits per heavy atom. The van der Waals surface area contributed by atoms with Crippen molar-refractivity contribution in [2.75, 3.05) is 13.2 Å². The van der Waals surface area contributed by atoms with Crippen LogP contribution in [-0.2, 0) is 17.8 Å². The van der Waals surface area contributed by atoms with Gasteiger partial charge in [0.05, 0.1) is 25.7 Å². The van der Waals surface area contributed by atoms with Gasteiger partial charge in [-0.15, -0.1) is 0 Å². The first-order valence-electron chi connectivity index (χ1n) is 6.59. The SMILES string of the molecule is N#CCc1ccc(OCCOCc2ccccc2)cc1. The molecule has 0 saturated heterocycles. The molecule has 0 saturated carbocycles. The van der Waals surface area contributed by atoms with Gasteiger partial charge in [0.2, 0.25) is 0 Å². The molecule has 0 aliphatic rings. The highest BCUT2D eigenvalue weighted by atomic mass is 16.5. The van der Waals surface area contributed by atoms with Crippen LogP contribution < -0.4 is 4.74 Å². The highest BCUT2D eigenvalue weighted by Gasteiger charge is 1.96. The summed E-state index contributed by atoms with van der Waals surface area (Å²) >= 11 is 0. The largest absolute Gasteiger partial charge is 0.491 e. The number of hydrogen-bond donors (Lipinski definition) is 0. The first kappa shape index (κ1) is 14.1. The van der Waals surface area contributed by atoms with Crippen molar-refractivity contribution in [3.63, 3.8) is 0 Å². The highest BCUT2D eigenvalue weighted by molar-refractivity contribution is 5.28. The number of nitrogens with zero attached hydrogens (tertiary/aromatic N) is 1. The van der Waals surface area contributed by atoms with Crippen LogP contribution in [0.4, 0.5) is 0 Å². The number of benzene rings is 2. The van der Waals surface area contributed by atoms with E-state index in [0.717, 1.165) is 16.9 Å². The first-order valence-corrected chi connectivity index (χ1v) is 6.59. The fraction of sp³-hybridized carbons (Fsp3) is 0.235. The van der Waals surface area contributed by atoms with Crippen LogP contribution in [0.15, 0.2) is 54.6 Å². The lowest BCUT2D eigenvalue weighted by atomic mass is 10.2. The van der Waals surface area contributed by atoms with Crippen LogP contribution in [0.2, 0.25) is 0 Å². The summed E-state index contributed by atoms with van der Waals surface area (Å²) in [5, 5.41) is 8.59. The van der Waals surface area contributed by atoms with Crippen LogP contribution in [0, 0.1) is 11.3 Å². The van der Waals surface area contributed by atoms with E-state index in [9.17, 15) is 0 Å². The van der Waals surface area contributed by atoms with Gasteiger partial charge in [-0.2, -0.15) is 5.26 Å². The lowest BCUT2D eigenvalue weighted by Gasteiger charge is -2.07. The van der Waals surface area contributed by atoms with Gasteiger partial charge in [-0.3, -0.25) is 0 Å². The van der Waals surface area contributed by atoms with Crippen LogP contribution in [0.5, 0.6) is 5.75 Å². The van der Waals surface area contributed by atoms with Gasteiger partial charge in [-0.25, -0.2) is 0 Å². The smallest absolute Gasteiger partial charge is 0.119 e. The van der Waals surface area contributed by atoms with Crippen molar-refractivity contribution < 1.29 is 9.47 Å². The summed E-state index contributed by atoms with van der Waals surface area (Å²) in [6.07, 6.45) is 0.431. The molecule has 0 unspecified atom stereocenters. The summed E-state index contributed by atoms with van der Waals surface area (Å²) in [6.45, 7) is 1.67. The van der Waals surface area contributed by atoms with Crippen molar-refractivity contribution in [2.45, 2.75) is 13.0 Å². The Morgan fingerprint density at radius 1 is 0.850 bits per heavy atom. The second-order valence-electron chi connectivity index (χ2n) is 4.37. The number of ether oxygens (including phenoxy) is 2. The average molecular weight is 267 g/mol. The molecule has 0 N–H and O–H groups in total. The molecule has 0 bridgehead atoms. The summed E-state index contributed by atoms with van der Waals surface area (Å²) in [6, 6.07) is 19.7. The summed E-state index contributed by atoms with van der Waals surface area (Å²) < 4.78 is 11.1. The van der Waals surface area contributed by atoms with Crippen molar-refractivity contribution >= 4 is 0 Å². The Kier molecular flexibility index (Phi) is 5.63. The van der Waals surface area contributed by atoms with E-state index < -0.39 is 0 Å². The van der Waals surface area contributed by atoms with Crippen LogP contribution >= 0.6 is 0 Å². The first-order chi connectivity index (χ1) is 9.88. The van der Waals surface area contributed by atoms with Gasteiger partial charge in [0.25, 0.3) is 0 Å². The molecule has 3 nitrogen and oxygen atoms in total. The van der Waals surface area contributed by atoms with Crippen LogP contribution in [0.25, 0.3) is 0 Å². The molecule has 0 fully saturated rings. The molecule has 2 rings (SSSR count). The lowest BCUT2D eigenvalue weighted by Crippen LogP contribution is -2.06. The van der Waals surface area contributed by atoms with Crippen molar-refractivity contribution in [3.8, 4) is 11.8 Å². The van der Waals surface area contributed by atoms with Gasteiger partial charge in [-0.05, 0) is 23.3 Å². The van der Waals surface area contributed by atoms with Crippen molar-refractivity contribution in [2.24, 2.45) is 0 Å². The average Bonchev–Trinajstić information content (AvgIpc) is 2.50. The van der Waals surface area contributed by atoms with Crippen LogP contribution in [-0.4, -0.2) is 13.2 Å². The zero-order valence-electron chi connectivity index (χ0n) is 11.3. The minimum absolute atomic E-state index is 0.431. The van der Waals surface area contributed by atoms with Gasteiger partial charge in [0.15, 0.2) is 0 Å². The van der Waals surface area contributed by atoms with Crippen molar-refractivity contribution in [1.29, 1.82) is 5.26 Å². The summed E-state index contributed by atoms with van der Waals surface area (Å²) in [5.74, 6) is 0.801. The fourth-order valence-corrected chi connectivity index (χ4v) is 1.78. The molecule has 0 aliphatic carbocycles. The molecule has 0 heterocycles. The molecular formula is C17H17NO2. The normalized spacial score (nSPS) is 9.95. The Morgan fingerprint density at radius 3 is 2.30 bits per heavy atom. The molecule has 3 heteroatoms. The van der Waals surface area contributed by atoms with E-state index in [0.29, 0.717) is 26.2 Å². The quantitative estimate of drug-likeness (QED) is 0.722. The Bertz CT molecular complexity index is 543. The summed E-state index contributed by atoms with van der Waals surface area (Å²) in [4.78, 5) is 0. The molecule has 0 aromatic heterocycles. The molecule has 0 atom stereocenters. The van der Waals surface area contributed by atoms with E-state index in [1.807, 2.05) is 54.6 Å². The van der Waals surface area contributed by atoms with E-state index in [1.54, 1.807) is 0 Å². The zero-order chi connectivity index (χ0) is 14.0. The summed E-state index contributed by atoms with van der Waals surface area (Å²) in [7, 11) is 0. The zero-order valence-corrected chi connectivity index (χ0v) is 11.3. The van der Waals surface area contributed by atoms with Crippen LogP contribution in [0.3, 0.4) is 0 Å². The third-order valence-electron chi connectivity index (χ3n) is 2.81. The standard InChI is InChI=1S/C17H17NO2/c18-11-10-15-6-8-17(9-7-15)20-13-12-19-14-16-4-2-1-3-5-16/h1-9H,10,12-14H2. The molecule has 2 aromatic carbocycles. The topological polar surface area (TPSA) is 42.2 Å². The van der Waals surface area contributed by atoms with E-state index in [2.05, 4.69) is 6.07 Å². The molecule has 0 radical (unpaired) electrons. The number of nitriles is 1. The molecule has 2 aromatic rings. The Balaban J connectivity index is 1.65. The maximum Gasteiger partial charge on any atom is 0.119 e. The highest BCUT2D eigenvalue weighted by Crippen LogP contribution is 2.12. The Labute approximate surface area is 119 Å². The van der Waals surface area contributed by atoms with E-state index in [4.69, 9.17) is 14.7 Å². The summed E-state index contributed by atoms with van der Waals surface area (Å²) in [5.41, 5.74) is 2.16. The molecule has 0 aliphatic heterocycles. The third-order valence-corrected chi connectivity index (χ3v) is 2.81.